The van der Waals surface area contributed by atoms with E-state index >= 15 is 0 Å². The second-order valence-electron chi connectivity index (χ2n) is 5.18. The molecule has 0 amide bonds. The highest BCUT2D eigenvalue weighted by molar-refractivity contribution is 4.88. The number of hydrogen-bond donors (Lipinski definition) is 2. The second-order valence-corrected chi connectivity index (χ2v) is 5.18. The summed E-state index contributed by atoms with van der Waals surface area (Å²) in [5, 5.41) is 3.62. The fourth-order valence-electron chi connectivity index (χ4n) is 2.48. The SMILES string of the molecule is CCC(CN)CCNCC1(CC)CCC1. The van der Waals surface area contributed by atoms with E-state index < -0.39 is 0 Å². The molecule has 1 aliphatic carbocycles. The third kappa shape index (κ3) is 3.76. The first-order chi connectivity index (χ1) is 7.26. The molecule has 0 aliphatic heterocycles. The van der Waals surface area contributed by atoms with Gasteiger partial charge in [0, 0.05) is 6.54 Å². The molecule has 1 unspecified atom stereocenters. The van der Waals surface area contributed by atoms with Crippen LogP contribution in [-0.4, -0.2) is 19.6 Å². The predicted molar refractivity (Wildman–Crippen MR) is 66.9 cm³/mol. The molecular formula is C13H28N2. The van der Waals surface area contributed by atoms with Crippen molar-refractivity contribution in [1.29, 1.82) is 0 Å². The van der Waals surface area contributed by atoms with Crippen molar-refractivity contribution in [2.75, 3.05) is 19.6 Å². The molecule has 1 fully saturated rings. The minimum absolute atomic E-state index is 0.657. The van der Waals surface area contributed by atoms with Crippen LogP contribution in [0.4, 0.5) is 0 Å². The van der Waals surface area contributed by atoms with Crippen LogP contribution in [0.1, 0.15) is 52.4 Å². The van der Waals surface area contributed by atoms with Crippen LogP contribution >= 0.6 is 0 Å². The zero-order chi connectivity index (χ0) is 11.1. The lowest BCUT2D eigenvalue weighted by Crippen LogP contribution is -2.40. The monoisotopic (exact) mass is 212 g/mol. The van der Waals surface area contributed by atoms with E-state index in [-0.39, 0.29) is 0 Å². The van der Waals surface area contributed by atoms with Crippen LogP contribution in [0.25, 0.3) is 0 Å². The quantitative estimate of drug-likeness (QED) is 0.607. The summed E-state index contributed by atoms with van der Waals surface area (Å²) < 4.78 is 0. The fraction of sp³-hybridized carbons (Fsp3) is 1.00. The van der Waals surface area contributed by atoms with Crippen molar-refractivity contribution in [3.05, 3.63) is 0 Å². The largest absolute Gasteiger partial charge is 0.330 e. The molecule has 0 spiro atoms. The molecule has 2 heteroatoms. The van der Waals surface area contributed by atoms with E-state index in [0.717, 1.165) is 19.0 Å². The molecule has 3 N–H and O–H groups in total. The summed E-state index contributed by atoms with van der Waals surface area (Å²) in [4.78, 5) is 0. The third-order valence-electron chi connectivity index (χ3n) is 4.30. The van der Waals surface area contributed by atoms with Gasteiger partial charge in [0.15, 0.2) is 0 Å². The van der Waals surface area contributed by atoms with Crippen molar-refractivity contribution in [1.82, 2.24) is 5.32 Å². The predicted octanol–water partition coefficient (Wildman–Crippen LogP) is 2.53. The van der Waals surface area contributed by atoms with E-state index in [9.17, 15) is 0 Å². The molecule has 0 aromatic rings. The van der Waals surface area contributed by atoms with Gasteiger partial charge < -0.3 is 11.1 Å². The summed E-state index contributed by atoms with van der Waals surface area (Å²) in [6.45, 7) is 7.78. The third-order valence-corrected chi connectivity index (χ3v) is 4.30. The Morgan fingerprint density at radius 2 is 2.07 bits per heavy atom. The smallest absolute Gasteiger partial charge is 0.000770 e. The van der Waals surface area contributed by atoms with Crippen LogP contribution in [-0.2, 0) is 0 Å². The maximum atomic E-state index is 5.69. The van der Waals surface area contributed by atoms with Crippen molar-refractivity contribution >= 4 is 0 Å². The normalized spacial score (nSPS) is 21.0. The number of nitrogens with two attached hydrogens (primary N) is 1. The Hall–Kier alpha value is -0.0800. The minimum Gasteiger partial charge on any atom is -0.330 e. The molecule has 0 aromatic heterocycles. The van der Waals surface area contributed by atoms with Gasteiger partial charge >= 0.3 is 0 Å². The van der Waals surface area contributed by atoms with Crippen molar-refractivity contribution in [2.24, 2.45) is 17.1 Å². The first-order valence-electron chi connectivity index (χ1n) is 6.67. The Morgan fingerprint density at radius 3 is 2.47 bits per heavy atom. The van der Waals surface area contributed by atoms with Crippen LogP contribution in [0.15, 0.2) is 0 Å². The summed E-state index contributed by atoms with van der Waals surface area (Å²) in [6.07, 6.45) is 8.11. The highest BCUT2D eigenvalue weighted by Crippen LogP contribution is 2.42. The van der Waals surface area contributed by atoms with Crippen LogP contribution < -0.4 is 11.1 Å². The first kappa shape index (κ1) is 13.0. The van der Waals surface area contributed by atoms with Gasteiger partial charge in [-0.25, -0.2) is 0 Å². The summed E-state index contributed by atoms with van der Waals surface area (Å²) in [7, 11) is 0. The van der Waals surface area contributed by atoms with Crippen molar-refractivity contribution in [2.45, 2.75) is 52.4 Å². The Labute approximate surface area is 95.0 Å². The molecule has 15 heavy (non-hydrogen) atoms. The van der Waals surface area contributed by atoms with E-state index in [2.05, 4.69) is 19.2 Å². The summed E-state index contributed by atoms with van der Waals surface area (Å²) >= 11 is 0. The van der Waals surface area contributed by atoms with Gasteiger partial charge in [-0.2, -0.15) is 0 Å². The average Bonchev–Trinajstić information content (AvgIpc) is 2.22. The van der Waals surface area contributed by atoms with E-state index in [4.69, 9.17) is 5.73 Å². The Balaban J connectivity index is 2.05. The molecular weight excluding hydrogens is 184 g/mol. The topological polar surface area (TPSA) is 38.0 Å². The molecule has 0 aromatic carbocycles. The van der Waals surface area contributed by atoms with Crippen molar-refractivity contribution in [3.63, 3.8) is 0 Å². The Bertz CT molecular complexity index is 154. The van der Waals surface area contributed by atoms with Gasteiger partial charge in [-0.3, -0.25) is 0 Å². The van der Waals surface area contributed by atoms with Gasteiger partial charge in [-0.1, -0.05) is 26.7 Å². The second kappa shape index (κ2) is 6.49. The number of hydrogen-bond acceptors (Lipinski definition) is 2. The molecule has 2 nitrogen and oxygen atoms in total. The molecule has 1 rings (SSSR count). The molecule has 0 heterocycles. The van der Waals surface area contributed by atoms with Crippen LogP contribution in [0.5, 0.6) is 0 Å². The summed E-state index contributed by atoms with van der Waals surface area (Å²) in [5.41, 5.74) is 6.34. The first-order valence-corrected chi connectivity index (χ1v) is 6.67. The standard InChI is InChI=1S/C13H28N2/c1-3-12(10-14)6-9-15-11-13(4-2)7-5-8-13/h12,15H,3-11,14H2,1-2H3. The molecule has 90 valence electrons. The zero-order valence-corrected chi connectivity index (χ0v) is 10.5. The highest BCUT2D eigenvalue weighted by Gasteiger charge is 2.34. The lowest BCUT2D eigenvalue weighted by Gasteiger charge is -2.41. The van der Waals surface area contributed by atoms with Crippen LogP contribution in [0, 0.1) is 11.3 Å². The van der Waals surface area contributed by atoms with Gasteiger partial charge in [-0.05, 0) is 50.1 Å². The molecule has 0 bridgehead atoms. The van der Waals surface area contributed by atoms with Gasteiger partial charge in [0.05, 0.1) is 0 Å². The molecule has 1 aliphatic rings. The highest BCUT2D eigenvalue weighted by atomic mass is 14.9. The van der Waals surface area contributed by atoms with Gasteiger partial charge in [0.1, 0.15) is 0 Å². The number of nitrogens with one attached hydrogen (secondary N) is 1. The molecule has 0 radical (unpaired) electrons. The van der Waals surface area contributed by atoms with E-state index in [1.807, 2.05) is 0 Å². The molecule has 1 saturated carbocycles. The average molecular weight is 212 g/mol. The summed E-state index contributed by atoms with van der Waals surface area (Å²) in [6, 6.07) is 0. The van der Waals surface area contributed by atoms with Crippen molar-refractivity contribution in [3.8, 4) is 0 Å². The zero-order valence-electron chi connectivity index (χ0n) is 10.5. The maximum absolute atomic E-state index is 5.69. The van der Waals surface area contributed by atoms with Gasteiger partial charge in [-0.15, -0.1) is 0 Å². The lowest BCUT2D eigenvalue weighted by molar-refractivity contribution is 0.123. The Morgan fingerprint density at radius 1 is 1.33 bits per heavy atom. The summed E-state index contributed by atoms with van der Waals surface area (Å²) in [5.74, 6) is 0.719. The van der Waals surface area contributed by atoms with Crippen LogP contribution in [0.2, 0.25) is 0 Å². The van der Waals surface area contributed by atoms with Gasteiger partial charge in [0.25, 0.3) is 0 Å². The van der Waals surface area contributed by atoms with E-state index in [1.54, 1.807) is 0 Å². The Kier molecular flexibility index (Phi) is 5.62. The maximum Gasteiger partial charge on any atom is 0.000770 e. The van der Waals surface area contributed by atoms with Gasteiger partial charge in [0.2, 0.25) is 0 Å². The lowest BCUT2D eigenvalue weighted by atomic mass is 9.67. The van der Waals surface area contributed by atoms with Crippen LogP contribution in [0.3, 0.4) is 0 Å². The molecule has 1 atom stereocenters. The fourth-order valence-corrected chi connectivity index (χ4v) is 2.48. The number of rotatable bonds is 8. The van der Waals surface area contributed by atoms with E-state index in [1.165, 1.54) is 45.1 Å². The van der Waals surface area contributed by atoms with Crippen molar-refractivity contribution < 1.29 is 0 Å². The minimum atomic E-state index is 0.657. The molecule has 0 saturated heterocycles. The van der Waals surface area contributed by atoms with E-state index in [0.29, 0.717) is 5.41 Å².